The number of fused-ring (bicyclic) bond motifs is 1. The van der Waals surface area contributed by atoms with Gasteiger partial charge in [0.2, 0.25) is 11.8 Å². The molecule has 1 N–H and O–H groups in total. The molecule has 5 nitrogen and oxygen atoms in total. The number of aromatic nitrogens is 1. The van der Waals surface area contributed by atoms with Crippen molar-refractivity contribution in [3.8, 4) is 0 Å². The Balaban J connectivity index is 1.77. The van der Waals surface area contributed by atoms with Crippen LogP contribution in [0.2, 0.25) is 0 Å². The van der Waals surface area contributed by atoms with Gasteiger partial charge in [0.15, 0.2) is 0 Å². The zero-order valence-electron chi connectivity index (χ0n) is 14.8. The van der Waals surface area contributed by atoms with Gasteiger partial charge in [-0.3, -0.25) is 9.59 Å². The minimum absolute atomic E-state index is 0.0118. The van der Waals surface area contributed by atoms with Gasteiger partial charge >= 0.3 is 0 Å². The summed E-state index contributed by atoms with van der Waals surface area (Å²) in [5.74, 6) is 0.0806. The Bertz CT molecular complexity index is 685. The van der Waals surface area contributed by atoms with E-state index in [9.17, 15) is 9.59 Å². The van der Waals surface area contributed by atoms with E-state index in [0.29, 0.717) is 25.9 Å². The van der Waals surface area contributed by atoms with E-state index in [0.717, 1.165) is 15.2 Å². The van der Waals surface area contributed by atoms with E-state index in [-0.39, 0.29) is 11.8 Å². The lowest BCUT2D eigenvalue weighted by Crippen LogP contribution is -2.35. The Labute approximate surface area is 147 Å². The molecule has 2 amide bonds. The maximum atomic E-state index is 12.2. The summed E-state index contributed by atoms with van der Waals surface area (Å²) < 4.78 is 1.14. The van der Waals surface area contributed by atoms with Crippen LogP contribution in [-0.4, -0.2) is 35.3 Å². The van der Waals surface area contributed by atoms with Gasteiger partial charge in [0.1, 0.15) is 5.01 Å². The van der Waals surface area contributed by atoms with Crippen molar-refractivity contribution in [3.05, 3.63) is 29.3 Å². The van der Waals surface area contributed by atoms with Gasteiger partial charge in [-0.15, -0.1) is 11.3 Å². The number of benzene rings is 1. The average molecular weight is 347 g/mol. The summed E-state index contributed by atoms with van der Waals surface area (Å²) in [7, 11) is 1.79. The van der Waals surface area contributed by atoms with Gasteiger partial charge in [0.25, 0.3) is 0 Å². The Morgan fingerprint density at radius 1 is 1.25 bits per heavy atom. The zero-order chi connectivity index (χ0) is 17.7. The third kappa shape index (κ3) is 5.03. The van der Waals surface area contributed by atoms with Gasteiger partial charge in [-0.2, -0.15) is 0 Å². The highest BCUT2D eigenvalue weighted by Gasteiger charge is 2.20. The molecular formula is C18H25N3O2S. The minimum Gasteiger partial charge on any atom is -0.356 e. The summed E-state index contributed by atoms with van der Waals surface area (Å²) in [6.07, 6.45) is 1.07. The van der Waals surface area contributed by atoms with Crippen LogP contribution in [0.4, 0.5) is 0 Å². The topological polar surface area (TPSA) is 62.3 Å². The molecule has 0 aliphatic carbocycles. The lowest BCUT2D eigenvalue weighted by molar-refractivity contribution is -0.131. The highest BCUT2D eigenvalue weighted by molar-refractivity contribution is 7.18. The normalized spacial score (nSPS) is 11.5. The van der Waals surface area contributed by atoms with Crippen molar-refractivity contribution in [2.24, 2.45) is 5.41 Å². The number of rotatable bonds is 6. The zero-order valence-corrected chi connectivity index (χ0v) is 15.6. The van der Waals surface area contributed by atoms with E-state index in [4.69, 9.17) is 0 Å². The Morgan fingerprint density at radius 3 is 2.62 bits per heavy atom. The number of nitrogens with one attached hydrogen (secondary N) is 1. The fourth-order valence-electron chi connectivity index (χ4n) is 2.18. The van der Waals surface area contributed by atoms with E-state index in [1.165, 1.54) is 0 Å². The molecule has 0 radical (unpaired) electrons. The first-order valence-corrected chi connectivity index (χ1v) is 8.96. The van der Waals surface area contributed by atoms with E-state index >= 15 is 0 Å². The summed E-state index contributed by atoms with van der Waals surface area (Å²) in [5.41, 5.74) is 0.580. The molecule has 0 aliphatic rings. The summed E-state index contributed by atoms with van der Waals surface area (Å²) in [6.45, 7) is 6.67. The molecule has 2 aromatic rings. The van der Waals surface area contributed by atoms with Crippen LogP contribution < -0.4 is 5.32 Å². The first-order chi connectivity index (χ1) is 11.3. The molecular weight excluding hydrogens is 322 g/mol. The van der Waals surface area contributed by atoms with Crippen LogP contribution in [0, 0.1) is 5.41 Å². The van der Waals surface area contributed by atoms with Crippen molar-refractivity contribution in [1.29, 1.82) is 0 Å². The molecule has 0 aliphatic heterocycles. The molecule has 0 atom stereocenters. The van der Waals surface area contributed by atoms with Crippen molar-refractivity contribution in [2.45, 2.75) is 40.2 Å². The van der Waals surface area contributed by atoms with Crippen LogP contribution in [0.25, 0.3) is 10.2 Å². The smallest absolute Gasteiger partial charge is 0.225 e. The van der Waals surface area contributed by atoms with Crippen LogP contribution in [0.3, 0.4) is 0 Å². The lowest BCUT2D eigenvalue weighted by Gasteiger charge is -2.18. The van der Waals surface area contributed by atoms with Crippen molar-refractivity contribution in [3.63, 3.8) is 0 Å². The Hall–Kier alpha value is -1.95. The third-order valence-corrected chi connectivity index (χ3v) is 4.69. The number of hydrogen-bond donors (Lipinski definition) is 1. The second kappa shape index (κ2) is 7.75. The summed E-state index contributed by atoms with van der Waals surface area (Å²) in [4.78, 5) is 30.2. The van der Waals surface area contributed by atoms with E-state index in [1.54, 1.807) is 23.3 Å². The molecule has 6 heteroatoms. The number of para-hydroxylation sites is 1. The molecule has 0 saturated carbocycles. The first kappa shape index (κ1) is 18.4. The van der Waals surface area contributed by atoms with Crippen LogP contribution in [0.1, 0.15) is 38.6 Å². The van der Waals surface area contributed by atoms with Gasteiger partial charge in [-0.1, -0.05) is 32.9 Å². The van der Waals surface area contributed by atoms with Gasteiger partial charge in [-0.25, -0.2) is 4.98 Å². The van der Waals surface area contributed by atoms with Gasteiger partial charge < -0.3 is 10.2 Å². The number of carbonyl (C=O) groups is 2. The maximum absolute atomic E-state index is 12.2. The summed E-state index contributed by atoms with van der Waals surface area (Å²) in [5, 5.41) is 3.80. The molecule has 1 aromatic heterocycles. The predicted octanol–water partition coefficient (Wildman–Crippen LogP) is 3.20. The van der Waals surface area contributed by atoms with Crippen molar-refractivity contribution < 1.29 is 9.59 Å². The largest absolute Gasteiger partial charge is 0.356 e. The summed E-state index contributed by atoms with van der Waals surface area (Å²) >= 11 is 1.62. The quantitative estimate of drug-likeness (QED) is 0.816. The highest BCUT2D eigenvalue weighted by atomic mass is 32.1. The lowest BCUT2D eigenvalue weighted by atomic mass is 9.96. The molecule has 0 saturated heterocycles. The molecule has 0 bridgehead atoms. The van der Waals surface area contributed by atoms with Crippen LogP contribution >= 0.6 is 11.3 Å². The number of carbonyl (C=O) groups excluding carboxylic acids is 2. The van der Waals surface area contributed by atoms with Crippen molar-refractivity contribution in [2.75, 3.05) is 13.6 Å². The van der Waals surface area contributed by atoms with Crippen molar-refractivity contribution in [1.82, 2.24) is 15.2 Å². The number of nitrogens with zero attached hydrogens (tertiary/aromatic N) is 2. The highest BCUT2D eigenvalue weighted by Crippen LogP contribution is 2.22. The number of amides is 2. The molecule has 0 fully saturated rings. The van der Waals surface area contributed by atoms with Crippen LogP contribution in [0.5, 0.6) is 0 Å². The van der Waals surface area contributed by atoms with Crippen LogP contribution in [0.15, 0.2) is 24.3 Å². The van der Waals surface area contributed by atoms with Gasteiger partial charge in [0.05, 0.1) is 16.8 Å². The molecule has 2 rings (SSSR count). The first-order valence-electron chi connectivity index (χ1n) is 8.14. The molecule has 0 unspecified atom stereocenters. The summed E-state index contributed by atoms with van der Waals surface area (Å²) in [6, 6.07) is 7.98. The Kier molecular flexibility index (Phi) is 5.94. The fraction of sp³-hybridized carbons (Fsp3) is 0.500. The van der Waals surface area contributed by atoms with Crippen LogP contribution in [-0.2, 0) is 16.1 Å². The molecule has 24 heavy (non-hydrogen) atoms. The van der Waals surface area contributed by atoms with Crippen molar-refractivity contribution >= 4 is 33.4 Å². The van der Waals surface area contributed by atoms with E-state index in [2.05, 4.69) is 10.3 Å². The molecule has 1 aromatic carbocycles. The molecule has 1 heterocycles. The van der Waals surface area contributed by atoms with Gasteiger partial charge in [-0.05, 0) is 18.6 Å². The monoisotopic (exact) mass is 347 g/mol. The molecule has 130 valence electrons. The third-order valence-electron chi connectivity index (χ3n) is 3.67. The number of thiazole rings is 1. The predicted molar refractivity (Wildman–Crippen MR) is 97.8 cm³/mol. The van der Waals surface area contributed by atoms with E-state index < -0.39 is 5.41 Å². The maximum Gasteiger partial charge on any atom is 0.225 e. The second-order valence-electron chi connectivity index (χ2n) is 6.93. The minimum atomic E-state index is -0.395. The second-order valence-corrected chi connectivity index (χ2v) is 8.05. The molecule has 0 spiro atoms. The standard InChI is InChI=1S/C18H25N3O2S/c1-18(2,3)17(23)19-11-7-10-16(22)21(4)12-15-20-13-8-5-6-9-14(13)24-15/h5-6,8-9H,7,10-12H2,1-4H3,(H,19,23). The Morgan fingerprint density at radius 2 is 1.96 bits per heavy atom. The average Bonchev–Trinajstić information content (AvgIpc) is 2.92. The fourth-order valence-corrected chi connectivity index (χ4v) is 3.20. The SMILES string of the molecule is CN(Cc1nc2ccccc2s1)C(=O)CCCNC(=O)C(C)(C)C. The number of hydrogen-bond acceptors (Lipinski definition) is 4. The van der Waals surface area contributed by atoms with E-state index in [1.807, 2.05) is 45.0 Å². The van der Waals surface area contributed by atoms with Gasteiger partial charge in [0, 0.05) is 25.4 Å².